The molecule has 196 valence electrons. The maximum absolute atomic E-state index is 14.0. The first-order valence-electron chi connectivity index (χ1n) is 12.7. The second-order valence-electron chi connectivity index (χ2n) is 9.49. The summed E-state index contributed by atoms with van der Waals surface area (Å²) in [6.07, 6.45) is 1.87. The van der Waals surface area contributed by atoms with Crippen LogP contribution < -0.4 is 15.2 Å². The van der Waals surface area contributed by atoms with Gasteiger partial charge in [-0.15, -0.1) is 0 Å². The number of ether oxygens (including phenoxy) is 2. The lowest BCUT2D eigenvalue weighted by Crippen LogP contribution is -2.36. The molecule has 0 bridgehead atoms. The summed E-state index contributed by atoms with van der Waals surface area (Å²) in [5.41, 5.74) is 6.20. The number of rotatable bonds is 6. The standard InChI is InChI=1S/C28H29ClN6O3/c1-4-34-16-23-26(32-34)25(29)24(28(36)35(23)15-18-5-7-19(37-3)8-6-18)27-30-20-13-17(2)22(14-21(20)31-27)33-9-11-38-12-10-33/h5-8,13-14,16H,4,9-12,15H2,1-3H3,(H,30,31). The van der Waals surface area contributed by atoms with E-state index in [0.717, 1.165) is 46.7 Å². The number of hydrogen-bond acceptors (Lipinski definition) is 6. The Morgan fingerprint density at radius 2 is 1.92 bits per heavy atom. The van der Waals surface area contributed by atoms with Crippen molar-refractivity contribution in [3.05, 3.63) is 69.1 Å². The van der Waals surface area contributed by atoms with E-state index in [1.165, 1.54) is 0 Å². The van der Waals surface area contributed by atoms with Crippen molar-refractivity contribution in [2.24, 2.45) is 0 Å². The molecule has 1 aliphatic heterocycles. The summed E-state index contributed by atoms with van der Waals surface area (Å²) in [5.74, 6) is 1.20. The molecule has 1 aliphatic rings. The number of aromatic nitrogens is 5. The molecule has 38 heavy (non-hydrogen) atoms. The lowest BCUT2D eigenvalue weighted by molar-refractivity contribution is 0.122. The molecular weight excluding hydrogens is 504 g/mol. The largest absolute Gasteiger partial charge is 0.497 e. The van der Waals surface area contributed by atoms with Crippen molar-refractivity contribution in [1.29, 1.82) is 0 Å². The van der Waals surface area contributed by atoms with Crippen molar-refractivity contribution in [2.75, 3.05) is 38.3 Å². The number of benzene rings is 2. The van der Waals surface area contributed by atoms with E-state index in [9.17, 15) is 4.79 Å². The predicted molar refractivity (Wildman–Crippen MR) is 150 cm³/mol. The van der Waals surface area contributed by atoms with Crippen molar-refractivity contribution >= 4 is 39.4 Å². The lowest BCUT2D eigenvalue weighted by Gasteiger charge is -2.30. The van der Waals surface area contributed by atoms with Crippen molar-refractivity contribution in [3.8, 4) is 17.1 Å². The van der Waals surface area contributed by atoms with E-state index in [0.29, 0.717) is 53.7 Å². The number of hydrogen-bond donors (Lipinski definition) is 1. The van der Waals surface area contributed by atoms with Gasteiger partial charge in [0.25, 0.3) is 5.56 Å². The summed E-state index contributed by atoms with van der Waals surface area (Å²) in [7, 11) is 1.63. The van der Waals surface area contributed by atoms with Crippen molar-refractivity contribution in [3.63, 3.8) is 0 Å². The molecule has 0 atom stereocenters. The van der Waals surface area contributed by atoms with Gasteiger partial charge < -0.3 is 23.9 Å². The summed E-state index contributed by atoms with van der Waals surface area (Å²) in [5, 5.41) is 4.97. The average Bonchev–Trinajstić information content (AvgIpc) is 3.56. The summed E-state index contributed by atoms with van der Waals surface area (Å²) in [6.45, 7) is 8.19. The number of aromatic amines is 1. The molecule has 10 heteroatoms. The van der Waals surface area contributed by atoms with Crippen LogP contribution in [0.2, 0.25) is 5.02 Å². The van der Waals surface area contributed by atoms with Crippen LogP contribution in [-0.4, -0.2) is 57.7 Å². The van der Waals surface area contributed by atoms with Gasteiger partial charge in [-0.2, -0.15) is 5.10 Å². The van der Waals surface area contributed by atoms with E-state index < -0.39 is 0 Å². The number of H-pyrrole nitrogens is 1. The number of nitrogens with zero attached hydrogens (tertiary/aromatic N) is 5. The van der Waals surface area contributed by atoms with Crippen molar-refractivity contribution in [2.45, 2.75) is 26.9 Å². The van der Waals surface area contributed by atoms with Crippen LogP contribution in [-0.2, 0) is 17.8 Å². The molecule has 0 unspecified atom stereocenters. The van der Waals surface area contributed by atoms with Gasteiger partial charge >= 0.3 is 0 Å². The number of methoxy groups -OCH3 is 1. The maximum atomic E-state index is 14.0. The first-order valence-corrected chi connectivity index (χ1v) is 13.1. The van der Waals surface area contributed by atoms with Crippen molar-refractivity contribution < 1.29 is 9.47 Å². The smallest absolute Gasteiger partial charge is 0.264 e. The number of fused-ring (bicyclic) bond motifs is 2. The average molecular weight is 533 g/mol. The number of pyridine rings is 1. The van der Waals surface area contributed by atoms with Gasteiger partial charge in [0.15, 0.2) is 0 Å². The zero-order chi connectivity index (χ0) is 26.4. The Bertz CT molecular complexity index is 1700. The van der Waals surface area contributed by atoms with Crippen LogP contribution in [0.25, 0.3) is 33.5 Å². The number of imidazole rings is 1. The van der Waals surface area contributed by atoms with Gasteiger partial charge in [0.1, 0.15) is 22.7 Å². The van der Waals surface area contributed by atoms with E-state index in [1.807, 2.05) is 43.5 Å². The van der Waals surface area contributed by atoms with Gasteiger partial charge in [-0.25, -0.2) is 4.98 Å². The molecule has 6 rings (SSSR count). The van der Waals surface area contributed by atoms with Gasteiger partial charge in [-0.1, -0.05) is 23.7 Å². The van der Waals surface area contributed by atoms with E-state index in [4.69, 9.17) is 26.1 Å². The first kappa shape index (κ1) is 24.5. The highest BCUT2D eigenvalue weighted by molar-refractivity contribution is 6.37. The van der Waals surface area contributed by atoms with Crippen LogP contribution in [0.5, 0.6) is 5.75 Å². The lowest BCUT2D eigenvalue weighted by atomic mass is 10.1. The molecule has 4 heterocycles. The number of halogens is 1. The molecule has 5 aromatic rings. The number of morpholine rings is 1. The summed E-state index contributed by atoms with van der Waals surface area (Å²) >= 11 is 6.89. The molecule has 0 spiro atoms. The molecule has 3 aromatic heterocycles. The third-order valence-electron chi connectivity index (χ3n) is 7.13. The Hall–Kier alpha value is -3.82. The van der Waals surface area contributed by atoms with Crippen molar-refractivity contribution in [1.82, 2.24) is 24.3 Å². The van der Waals surface area contributed by atoms with Gasteiger partial charge in [-0.3, -0.25) is 9.48 Å². The molecular formula is C28H29ClN6O3. The first-order chi connectivity index (χ1) is 18.5. The Balaban J connectivity index is 1.50. The number of anilines is 1. The van der Waals surface area contributed by atoms with E-state index in [2.05, 4.69) is 28.0 Å². The minimum atomic E-state index is -0.224. The molecule has 0 saturated carbocycles. The molecule has 0 aliphatic carbocycles. The number of nitrogens with one attached hydrogen (secondary N) is 1. The second-order valence-corrected chi connectivity index (χ2v) is 9.87. The van der Waals surface area contributed by atoms with E-state index >= 15 is 0 Å². The Morgan fingerprint density at radius 3 is 2.63 bits per heavy atom. The van der Waals surface area contributed by atoms with Gasteiger partial charge in [-0.05, 0) is 49.2 Å². The summed E-state index contributed by atoms with van der Waals surface area (Å²) in [6, 6.07) is 11.8. The van der Waals surface area contributed by atoms with Gasteiger partial charge in [0, 0.05) is 31.5 Å². The minimum absolute atomic E-state index is 0.224. The zero-order valence-corrected chi connectivity index (χ0v) is 22.4. The third kappa shape index (κ3) is 4.21. The third-order valence-corrected chi connectivity index (χ3v) is 7.50. The van der Waals surface area contributed by atoms with E-state index in [-0.39, 0.29) is 5.56 Å². The Kier molecular flexibility index (Phi) is 6.33. The Morgan fingerprint density at radius 1 is 1.16 bits per heavy atom. The van der Waals surface area contributed by atoms with Gasteiger partial charge in [0.2, 0.25) is 0 Å². The topological polar surface area (TPSA) is 90.2 Å². The predicted octanol–water partition coefficient (Wildman–Crippen LogP) is 4.62. The van der Waals surface area contributed by atoms with Crippen LogP contribution in [0.1, 0.15) is 18.1 Å². The van der Waals surface area contributed by atoms with Crippen LogP contribution >= 0.6 is 11.6 Å². The van der Waals surface area contributed by atoms with Crippen LogP contribution in [0, 0.1) is 6.92 Å². The SMILES string of the molecule is CCn1cc2c(n1)c(Cl)c(-c1nc3cc(C)c(N4CCOCC4)cc3[nH]1)c(=O)n2Cc1ccc(OC)cc1. The van der Waals surface area contributed by atoms with E-state index in [1.54, 1.807) is 16.4 Å². The second kappa shape index (κ2) is 9.81. The molecule has 9 nitrogen and oxygen atoms in total. The fourth-order valence-corrected chi connectivity index (χ4v) is 5.38. The molecule has 1 N–H and O–H groups in total. The molecule has 0 radical (unpaired) electrons. The highest BCUT2D eigenvalue weighted by Crippen LogP contribution is 2.33. The fraction of sp³-hybridized carbons (Fsp3) is 0.321. The molecule has 1 fully saturated rings. The van der Waals surface area contributed by atoms with Crippen LogP contribution in [0.4, 0.5) is 5.69 Å². The van der Waals surface area contributed by atoms with Crippen LogP contribution in [0.3, 0.4) is 0 Å². The minimum Gasteiger partial charge on any atom is -0.497 e. The Labute approximate surface area is 224 Å². The maximum Gasteiger partial charge on any atom is 0.264 e. The monoisotopic (exact) mass is 532 g/mol. The van der Waals surface area contributed by atoms with Crippen LogP contribution in [0.15, 0.2) is 47.4 Å². The summed E-state index contributed by atoms with van der Waals surface area (Å²) in [4.78, 5) is 24.5. The highest BCUT2D eigenvalue weighted by Gasteiger charge is 2.23. The normalized spacial score (nSPS) is 14.1. The molecule has 2 aromatic carbocycles. The van der Waals surface area contributed by atoms with Gasteiger partial charge in [0.05, 0.1) is 48.4 Å². The summed E-state index contributed by atoms with van der Waals surface area (Å²) < 4.78 is 14.3. The highest BCUT2D eigenvalue weighted by atomic mass is 35.5. The number of aryl methyl sites for hydroxylation is 2. The zero-order valence-electron chi connectivity index (χ0n) is 21.6. The quantitative estimate of drug-likeness (QED) is 0.343. The molecule has 0 amide bonds. The molecule has 1 saturated heterocycles. The fourth-order valence-electron chi connectivity index (χ4n) is 5.07.